The van der Waals surface area contributed by atoms with Crippen LogP contribution in [0, 0.1) is 46.3 Å². The molecule has 32 nitrogen and oxygen atoms in total. The molecule has 0 aromatic rings. The van der Waals surface area contributed by atoms with Crippen LogP contribution in [0.3, 0.4) is 0 Å². The fourth-order valence-electron chi connectivity index (χ4n) is 17.8. The van der Waals surface area contributed by atoms with Gasteiger partial charge in [0.25, 0.3) is 0 Å². The number of allylic oxidation sites excluding steroid dienone is 1. The Morgan fingerprint density at radius 2 is 1.02 bits per heavy atom. The molecule has 548 valence electrons. The van der Waals surface area contributed by atoms with Crippen molar-refractivity contribution in [2.75, 3.05) is 33.0 Å². The molecule has 0 amide bonds. The molecule has 0 bridgehead atoms. The second kappa shape index (κ2) is 29.7. The zero-order chi connectivity index (χ0) is 68.8. The van der Waals surface area contributed by atoms with E-state index in [4.69, 9.17) is 61.6 Å². The van der Waals surface area contributed by atoms with E-state index in [0.29, 0.717) is 43.4 Å². The maximum absolute atomic E-state index is 12.2. The van der Waals surface area contributed by atoms with Gasteiger partial charge in [0.05, 0.1) is 57.5 Å². The van der Waals surface area contributed by atoms with Gasteiger partial charge in [0.15, 0.2) is 43.5 Å². The molecule has 0 radical (unpaired) electrons. The van der Waals surface area contributed by atoms with Crippen LogP contribution in [-0.2, 0) is 61.6 Å². The number of ether oxygens (including phenoxy) is 13. The van der Waals surface area contributed by atoms with Gasteiger partial charge in [0.1, 0.15) is 134 Å². The minimum Gasteiger partial charge on any atom is -0.394 e. The first-order valence-corrected chi connectivity index (χ1v) is 33.8. The zero-order valence-electron chi connectivity index (χ0n) is 54.2. The van der Waals surface area contributed by atoms with Crippen molar-refractivity contribution in [1.29, 1.82) is 0 Å². The first kappa shape index (κ1) is 74.6. The third-order valence-corrected chi connectivity index (χ3v) is 23.7. The fraction of sp³-hybridized carbons (Fsp3) is 0.968. The molecule has 32 heteroatoms. The Balaban J connectivity index is 0.700. The van der Waals surface area contributed by atoms with Crippen LogP contribution in [0.1, 0.15) is 99.3 Å². The molecule has 41 atom stereocenters. The fourth-order valence-corrected chi connectivity index (χ4v) is 17.8. The molecule has 11 rings (SSSR count). The Kier molecular flexibility index (Phi) is 23.3. The second-order valence-corrected chi connectivity index (χ2v) is 29.5. The minimum absolute atomic E-state index is 0.107. The van der Waals surface area contributed by atoms with Crippen molar-refractivity contribution in [3.63, 3.8) is 0 Å². The number of rotatable bonds is 20. The van der Waals surface area contributed by atoms with Crippen LogP contribution in [-0.4, -0.2) is 332 Å². The lowest BCUT2D eigenvalue weighted by Gasteiger charge is -2.58. The number of aliphatic hydroxyl groups is 19. The van der Waals surface area contributed by atoms with Gasteiger partial charge in [-0.3, -0.25) is 0 Å². The van der Waals surface area contributed by atoms with Crippen molar-refractivity contribution in [3.05, 3.63) is 11.6 Å². The van der Waals surface area contributed by atoms with Crippen LogP contribution >= 0.6 is 0 Å². The normalized spacial score (nSPS) is 55.2. The lowest BCUT2D eigenvalue weighted by atomic mass is 9.47. The second-order valence-electron chi connectivity index (χ2n) is 29.5. The van der Waals surface area contributed by atoms with E-state index in [0.717, 1.165) is 32.1 Å². The maximum Gasteiger partial charge on any atom is 0.187 e. The SMILES string of the molecule is CC(CC[C@@]1(O)O[C@H]2C[C@H]3[C@@H]4CC=C5C[C@@H](O[C@@H]6O[C@H](CO)[C@@H](O)[C@H](O[C@@H]7O[C@H](CO)[C@@H](O)[C@H](O)[C@H]7O[C@@H]7O[C@H](CO[C@@H]8O[C@@H](C)[C@H](O[C@@H]9O[C@@H](C)[C@H](O)[C@@H](O)[C@H]9O)[C@@H](O)[C@H]8O)[C@@H](O)[C@H](O)[C@H]7O)[C@H]6O)CC[C@]5(C)[C@H]4CC[C@]3(C)[C@H]2[C@@H]1C)CO[C@@H]1O[C@H](CO)[C@@H](O)[C@H](O)[C@H]1O. The lowest BCUT2D eigenvalue weighted by Crippen LogP contribution is -2.67. The molecule has 95 heavy (non-hydrogen) atoms. The van der Waals surface area contributed by atoms with Crippen LogP contribution in [0.2, 0.25) is 0 Å². The van der Waals surface area contributed by atoms with Crippen molar-refractivity contribution in [2.45, 2.75) is 302 Å². The summed E-state index contributed by atoms with van der Waals surface area (Å²) < 4.78 is 77.2. The molecule has 0 aromatic heterocycles. The molecule has 3 saturated carbocycles. The molecule has 0 spiro atoms. The van der Waals surface area contributed by atoms with Crippen LogP contribution in [0.4, 0.5) is 0 Å². The lowest BCUT2D eigenvalue weighted by molar-refractivity contribution is -0.393. The van der Waals surface area contributed by atoms with Crippen molar-refractivity contribution >= 4 is 0 Å². The third-order valence-electron chi connectivity index (χ3n) is 23.7. The summed E-state index contributed by atoms with van der Waals surface area (Å²) in [6.07, 6.45) is -41.8. The summed E-state index contributed by atoms with van der Waals surface area (Å²) in [6, 6.07) is 0. The largest absolute Gasteiger partial charge is 0.394 e. The molecule has 11 aliphatic rings. The minimum atomic E-state index is -2.10. The van der Waals surface area contributed by atoms with E-state index >= 15 is 0 Å². The summed E-state index contributed by atoms with van der Waals surface area (Å²) >= 11 is 0. The highest BCUT2D eigenvalue weighted by Gasteiger charge is 2.68. The molecular weight excluding hydrogens is 1270 g/mol. The van der Waals surface area contributed by atoms with Crippen molar-refractivity contribution in [2.24, 2.45) is 46.3 Å². The van der Waals surface area contributed by atoms with Crippen molar-refractivity contribution in [3.8, 4) is 0 Å². The van der Waals surface area contributed by atoms with Gasteiger partial charge in [-0.2, -0.15) is 0 Å². The van der Waals surface area contributed by atoms with E-state index in [2.05, 4.69) is 26.8 Å². The first-order chi connectivity index (χ1) is 44.9. The van der Waals surface area contributed by atoms with Crippen molar-refractivity contribution in [1.82, 2.24) is 0 Å². The monoisotopic (exact) mass is 1370 g/mol. The molecular formula is C63H104O32. The molecule has 19 N–H and O–H groups in total. The van der Waals surface area contributed by atoms with E-state index < -0.39 is 223 Å². The Morgan fingerprint density at radius 3 is 1.69 bits per heavy atom. The number of fused-ring (bicyclic) bond motifs is 7. The van der Waals surface area contributed by atoms with Crippen LogP contribution < -0.4 is 0 Å². The standard InChI is InChI=1S/C63H104O32/c1-22(20-83-56-47(77)43(73)38(68)32(17-64)88-56)9-14-63(82)23(2)36-31(95-63)16-30-28-8-7-26-15-27(10-12-61(26,5)29(28)11-13-62(30,36)6)87-59-51(81)53(41(71)34(19-66)89-59)93-60-54(45(75)39(69)33(18-65)90-60)94-58-49(79)44(74)40(70)35(91-58)21-84-55-50(80)46(76)52(25(4)86-55)92-57-48(78)42(72)37(67)24(3)85-57/h7,22-25,27-60,64-82H,8-21H2,1-6H3/t22?,23-,24-,25-,27-,28+,29-,30-,31-,32+,33+,34+,35+,36-,37-,38+,39+,40+,41+,42+,43-,44-,45-,46-,47+,48+,49+,50+,51+,52-,53-,54+,55+,56+,57-,58-,59+,60-,61-,62-,63+/m0/s1. The average Bonchev–Trinajstić information content (AvgIpc) is 1.57. The predicted molar refractivity (Wildman–Crippen MR) is 314 cm³/mol. The van der Waals surface area contributed by atoms with Gasteiger partial charge in [0.2, 0.25) is 0 Å². The van der Waals surface area contributed by atoms with E-state index in [1.807, 2.05) is 6.92 Å². The molecule has 7 heterocycles. The smallest absolute Gasteiger partial charge is 0.187 e. The van der Waals surface area contributed by atoms with Gasteiger partial charge in [0, 0.05) is 12.3 Å². The Morgan fingerprint density at radius 1 is 0.505 bits per heavy atom. The van der Waals surface area contributed by atoms with Gasteiger partial charge in [-0.25, -0.2) is 0 Å². The maximum atomic E-state index is 12.2. The molecule has 1 unspecified atom stereocenters. The number of hydrogen-bond donors (Lipinski definition) is 19. The Hall–Kier alpha value is -1.54. The highest BCUT2D eigenvalue weighted by molar-refractivity contribution is 5.26. The van der Waals surface area contributed by atoms with Crippen molar-refractivity contribution < 1.29 is 159 Å². The summed E-state index contributed by atoms with van der Waals surface area (Å²) in [5.41, 5.74) is 0.896. The van der Waals surface area contributed by atoms with E-state index in [9.17, 15) is 97.0 Å². The van der Waals surface area contributed by atoms with Gasteiger partial charge < -0.3 is 159 Å². The topological polar surface area (TPSA) is 504 Å². The Labute approximate surface area is 549 Å². The molecule has 0 aromatic carbocycles. The summed E-state index contributed by atoms with van der Waals surface area (Å²) in [7, 11) is 0. The van der Waals surface area contributed by atoms with Crippen LogP contribution in [0.15, 0.2) is 11.6 Å². The van der Waals surface area contributed by atoms with Gasteiger partial charge in [-0.1, -0.05) is 39.3 Å². The predicted octanol–water partition coefficient (Wildman–Crippen LogP) is -6.33. The van der Waals surface area contributed by atoms with E-state index in [-0.39, 0.29) is 41.3 Å². The van der Waals surface area contributed by atoms with Crippen LogP contribution in [0.5, 0.6) is 0 Å². The molecule has 10 fully saturated rings. The summed E-state index contributed by atoms with van der Waals surface area (Å²) in [5, 5.41) is 206. The first-order valence-electron chi connectivity index (χ1n) is 33.8. The van der Waals surface area contributed by atoms with Gasteiger partial charge in [-0.15, -0.1) is 0 Å². The Bertz CT molecular complexity index is 2550. The third kappa shape index (κ3) is 14.0. The molecule has 4 aliphatic carbocycles. The molecule has 7 saturated heterocycles. The quantitative estimate of drug-likeness (QED) is 0.0504. The number of hydrogen-bond acceptors (Lipinski definition) is 32. The highest BCUT2D eigenvalue weighted by atomic mass is 16.8. The van der Waals surface area contributed by atoms with E-state index in [1.54, 1.807) is 0 Å². The number of aliphatic hydroxyl groups excluding tert-OH is 18. The zero-order valence-corrected chi connectivity index (χ0v) is 54.2. The summed E-state index contributed by atoms with van der Waals surface area (Å²) in [5.74, 6) is -0.548. The van der Waals surface area contributed by atoms with Gasteiger partial charge in [-0.05, 0) is 106 Å². The van der Waals surface area contributed by atoms with Crippen LogP contribution in [0.25, 0.3) is 0 Å². The summed E-state index contributed by atoms with van der Waals surface area (Å²) in [6.45, 7) is 8.67. The molecule has 7 aliphatic heterocycles. The highest BCUT2D eigenvalue weighted by Crippen LogP contribution is 2.70. The van der Waals surface area contributed by atoms with E-state index in [1.165, 1.54) is 19.4 Å². The van der Waals surface area contributed by atoms with Gasteiger partial charge >= 0.3 is 0 Å². The average molecular weight is 1370 g/mol. The summed E-state index contributed by atoms with van der Waals surface area (Å²) in [4.78, 5) is 0.